The Labute approximate surface area is 93.5 Å². The quantitative estimate of drug-likeness (QED) is 0.733. The molecule has 0 N–H and O–H groups in total. The molecule has 0 bridgehead atoms. The van der Waals surface area contributed by atoms with Crippen molar-refractivity contribution < 1.29 is 4.39 Å². The molecule has 1 saturated heterocycles. The van der Waals surface area contributed by atoms with Gasteiger partial charge in [-0.1, -0.05) is 6.07 Å². The van der Waals surface area contributed by atoms with Crippen LogP contribution >= 0.6 is 0 Å². The fourth-order valence-electron chi connectivity index (χ4n) is 2.15. The van der Waals surface area contributed by atoms with Gasteiger partial charge in [0.2, 0.25) is 0 Å². The van der Waals surface area contributed by atoms with E-state index in [1.54, 1.807) is 0 Å². The van der Waals surface area contributed by atoms with E-state index in [0.717, 1.165) is 24.6 Å². The van der Waals surface area contributed by atoms with Crippen LogP contribution in [0.5, 0.6) is 0 Å². The minimum atomic E-state index is -0.631. The smallest absolute Gasteiger partial charge is 0.147 e. The molecule has 0 amide bonds. The third-order valence-electron chi connectivity index (χ3n) is 3.10. The second-order valence-corrected chi connectivity index (χ2v) is 4.23. The Morgan fingerprint density at radius 2 is 2.06 bits per heavy atom. The Morgan fingerprint density at radius 3 is 2.81 bits per heavy atom. The van der Waals surface area contributed by atoms with Crippen molar-refractivity contribution in [1.29, 1.82) is 0 Å². The second-order valence-electron chi connectivity index (χ2n) is 4.23. The summed E-state index contributed by atoms with van der Waals surface area (Å²) in [6.45, 7) is 1.54. The highest BCUT2D eigenvalue weighted by Crippen LogP contribution is 2.20. The van der Waals surface area contributed by atoms with E-state index in [1.807, 2.05) is 35.0 Å². The number of anilines is 1. The maximum Gasteiger partial charge on any atom is 0.147 e. The zero-order valence-electron chi connectivity index (χ0n) is 9.01. The van der Waals surface area contributed by atoms with Gasteiger partial charge in [0, 0.05) is 19.3 Å². The summed E-state index contributed by atoms with van der Waals surface area (Å²) in [5, 5.41) is 0. The van der Waals surface area contributed by atoms with E-state index in [4.69, 9.17) is 0 Å². The number of piperidine rings is 1. The topological polar surface area (TPSA) is 20.5 Å². The molecule has 0 spiro atoms. The molecule has 3 rings (SSSR count). The number of hydrogen-bond donors (Lipinski definition) is 0. The number of imidazole rings is 1. The number of alkyl halides is 1. The Bertz CT molecular complexity index is 453. The molecule has 4 heteroatoms. The lowest BCUT2D eigenvalue weighted by Gasteiger charge is -2.28. The van der Waals surface area contributed by atoms with Crippen LogP contribution in [-0.4, -0.2) is 28.6 Å². The maximum atomic E-state index is 13.0. The summed E-state index contributed by atoms with van der Waals surface area (Å²) in [7, 11) is 0. The molecule has 0 atom stereocenters. The second kappa shape index (κ2) is 3.77. The lowest BCUT2D eigenvalue weighted by molar-refractivity contribution is 0.277. The molecule has 1 fully saturated rings. The summed E-state index contributed by atoms with van der Waals surface area (Å²) in [6.07, 6.45) is 4.59. The van der Waals surface area contributed by atoms with Gasteiger partial charge in [-0.25, -0.2) is 9.37 Å². The van der Waals surface area contributed by atoms with Gasteiger partial charge in [-0.05, 0) is 25.0 Å². The molecule has 2 aromatic rings. The number of halogens is 1. The van der Waals surface area contributed by atoms with Crippen LogP contribution in [0.3, 0.4) is 0 Å². The van der Waals surface area contributed by atoms with Gasteiger partial charge < -0.3 is 9.30 Å². The number of aromatic nitrogens is 2. The number of pyridine rings is 1. The molecule has 0 saturated carbocycles. The monoisotopic (exact) mass is 219 g/mol. The Hall–Kier alpha value is -1.58. The van der Waals surface area contributed by atoms with Crippen molar-refractivity contribution in [3.63, 3.8) is 0 Å². The maximum absolute atomic E-state index is 13.0. The fourth-order valence-corrected chi connectivity index (χ4v) is 2.15. The average Bonchev–Trinajstić information content (AvgIpc) is 2.73. The highest BCUT2D eigenvalue weighted by atomic mass is 19.1. The molecular weight excluding hydrogens is 205 g/mol. The van der Waals surface area contributed by atoms with Crippen molar-refractivity contribution in [1.82, 2.24) is 9.38 Å². The summed E-state index contributed by atoms with van der Waals surface area (Å²) in [5.41, 5.74) is 0.944. The van der Waals surface area contributed by atoms with Crippen molar-refractivity contribution in [3.05, 3.63) is 30.6 Å². The first-order chi connectivity index (χ1) is 7.83. The molecule has 16 heavy (non-hydrogen) atoms. The van der Waals surface area contributed by atoms with Crippen molar-refractivity contribution in [2.24, 2.45) is 0 Å². The molecule has 3 nitrogen and oxygen atoms in total. The number of fused-ring (bicyclic) bond motifs is 1. The van der Waals surface area contributed by atoms with Crippen molar-refractivity contribution >= 4 is 11.5 Å². The van der Waals surface area contributed by atoms with Gasteiger partial charge in [0.25, 0.3) is 0 Å². The SMILES string of the molecule is FC1CCN(c2cn3ccccc3n2)CC1. The summed E-state index contributed by atoms with van der Waals surface area (Å²) in [4.78, 5) is 6.68. The van der Waals surface area contributed by atoms with Crippen molar-refractivity contribution in [3.8, 4) is 0 Å². The van der Waals surface area contributed by atoms with Crippen LogP contribution in [0.4, 0.5) is 10.2 Å². The Morgan fingerprint density at radius 1 is 1.25 bits per heavy atom. The molecule has 1 aliphatic rings. The first kappa shape index (κ1) is 9.63. The Kier molecular flexibility index (Phi) is 2.27. The highest BCUT2D eigenvalue weighted by Gasteiger charge is 2.20. The lowest BCUT2D eigenvalue weighted by atomic mass is 10.1. The fraction of sp³-hybridized carbons (Fsp3) is 0.417. The molecule has 0 radical (unpaired) electrons. The van der Waals surface area contributed by atoms with E-state index in [1.165, 1.54) is 0 Å². The number of nitrogens with zero attached hydrogens (tertiary/aromatic N) is 3. The predicted molar refractivity (Wildman–Crippen MR) is 61.5 cm³/mol. The zero-order valence-corrected chi connectivity index (χ0v) is 9.01. The van der Waals surface area contributed by atoms with Gasteiger partial charge in [0.05, 0.1) is 6.20 Å². The van der Waals surface area contributed by atoms with Gasteiger partial charge in [-0.3, -0.25) is 0 Å². The van der Waals surface area contributed by atoms with Crippen LogP contribution in [0.15, 0.2) is 30.6 Å². The Balaban J connectivity index is 1.88. The first-order valence-corrected chi connectivity index (χ1v) is 5.66. The van der Waals surface area contributed by atoms with E-state index < -0.39 is 6.17 Å². The molecule has 0 aliphatic carbocycles. The molecule has 0 unspecified atom stereocenters. The third kappa shape index (κ3) is 1.64. The summed E-state index contributed by atoms with van der Waals surface area (Å²) < 4.78 is 15.0. The molecule has 0 aromatic carbocycles. The molecule has 3 heterocycles. The van der Waals surface area contributed by atoms with Gasteiger partial charge in [0.1, 0.15) is 17.6 Å². The van der Waals surface area contributed by atoms with Crippen molar-refractivity contribution in [2.75, 3.05) is 18.0 Å². The standard InChI is InChI=1S/C12H14FN3/c13-10-4-7-15(8-5-10)12-9-16-6-2-1-3-11(16)14-12/h1-3,6,9-10H,4-5,7-8H2. The van der Waals surface area contributed by atoms with Crippen LogP contribution in [0, 0.1) is 0 Å². The van der Waals surface area contributed by atoms with Crippen LogP contribution in [-0.2, 0) is 0 Å². The van der Waals surface area contributed by atoms with Crippen LogP contribution in [0.1, 0.15) is 12.8 Å². The van der Waals surface area contributed by atoms with Gasteiger partial charge in [0.15, 0.2) is 0 Å². The predicted octanol–water partition coefficient (Wildman–Crippen LogP) is 2.27. The summed E-state index contributed by atoms with van der Waals surface area (Å²) >= 11 is 0. The van der Waals surface area contributed by atoms with Crippen molar-refractivity contribution in [2.45, 2.75) is 19.0 Å². The normalized spacial score (nSPS) is 18.2. The summed E-state index contributed by atoms with van der Waals surface area (Å²) in [6, 6.07) is 5.93. The van der Waals surface area contributed by atoms with E-state index in [-0.39, 0.29) is 0 Å². The molecular formula is C12H14FN3. The van der Waals surface area contributed by atoms with Crippen LogP contribution in [0.2, 0.25) is 0 Å². The number of rotatable bonds is 1. The van der Waals surface area contributed by atoms with Gasteiger partial charge in [-0.15, -0.1) is 0 Å². The van der Waals surface area contributed by atoms with Crippen LogP contribution in [0.25, 0.3) is 5.65 Å². The largest absolute Gasteiger partial charge is 0.355 e. The van der Waals surface area contributed by atoms with E-state index in [9.17, 15) is 4.39 Å². The van der Waals surface area contributed by atoms with E-state index in [0.29, 0.717) is 12.8 Å². The first-order valence-electron chi connectivity index (χ1n) is 5.66. The number of hydrogen-bond acceptors (Lipinski definition) is 2. The summed E-state index contributed by atoms with van der Waals surface area (Å²) in [5.74, 6) is 0.957. The van der Waals surface area contributed by atoms with Gasteiger partial charge in [-0.2, -0.15) is 0 Å². The molecule has 84 valence electrons. The lowest BCUT2D eigenvalue weighted by Crippen LogP contribution is -2.34. The zero-order chi connectivity index (χ0) is 11.0. The average molecular weight is 219 g/mol. The molecule has 1 aliphatic heterocycles. The van der Waals surface area contributed by atoms with Crippen LogP contribution < -0.4 is 4.90 Å². The third-order valence-corrected chi connectivity index (χ3v) is 3.10. The molecule has 2 aromatic heterocycles. The van der Waals surface area contributed by atoms with E-state index in [2.05, 4.69) is 9.88 Å². The minimum absolute atomic E-state index is 0.619. The minimum Gasteiger partial charge on any atom is -0.355 e. The van der Waals surface area contributed by atoms with E-state index >= 15 is 0 Å². The van der Waals surface area contributed by atoms with Gasteiger partial charge >= 0.3 is 0 Å². The highest BCUT2D eigenvalue weighted by molar-refractivity contribution is 5.50.